The second-order valence-electron chi connectivity index (χ2n) is 3.10. The number of rotatable bonds is 4. The van der Waals surface area contributed by atoms with Gasteiger partial charge in [-0.2, -0.15) is 5.26 Å². The first-order valence-corrected chi connectivity index (χ1v) is 4.60. The molecule has 2 N–H and O–H groups in total. The SMILES string of the molecule is CN(CCC#N)C(=O)c1ccc(CN)o1. The maximum Gasteiger partial charge on any atom is 0.289 e. The molecule has 15 heavy (non-hydrogen) atoms. The normalized spacial score (nSPS) is 9.67. The summed E-state index contributed by atoms with van der Waals surface area (Å²) in [6.07, 6.45) is 0.312. The molecule has 1 aromatic heterocycles. The molecule has 0 radical (unpaired) electrons. The molecule has 1 amide bonds. The quantitative estimate of drug-likeness (QED) is 0.788. The molecule has 0 unspecified atom stereocenters. The zero-order valence-electron chi connectivity index (χ0n) is 8.56. The van der Waals surface area contributed by atoms with Crippen molar-refractivity contribution >= 4 is 5.91 Å². The van der Waals surface area contributed by atoms with Crippen LogP contribution in [-0.2, 0) is 6.54 Å². The highest BCUT2D eigenvalue weighted by molar-refractivity contribution is 5.91. The molecule has 0 atom stereocenters. The van der Waals surface area contributed by atoms with Crippen molar-refractivity contribution < 1.29 is 9.21 Å². The molecule has 0 aliphatic carbocycles. The van der Waals surface area contributed by atoms with Crippen molar-refractivity contribution in [3.63, 3.8) is 0 Å². The van der Waals surface area contributed by atoms with Crippen LogP contribution >= 0.6 is 0 Å². The average Bonchev–Trinajstić information content (AvgIpc) is 2.73. The van der Waals surface area contributed by atoms with E-state index in [0.29, 0.717) is 18.7 Å². The molecule has 80 valence electrons. The molecular formula is C10H13N3O2. The van der Waals surface area contributed by atoms with Crippen molar-refractivity contribution in [2.24, 2.45) is 5.73 Å². The van der Waals surface area contributed by atoms with Gasteiger partial charge in [0.25, 0.3) is 5.91 Å². The first-order chi connectivity index (χ1) is 7.19. The lowest BCUT2D eigenvalue weighted by Gasteiger charge is -2.13. The van der Waals surface area contributed by atoms with Gasteiger partial charge in [-0.15, -0.1) is 0 Å². The highest BCUT2D eigenvalue weighted by Gasteiger charge is 2.14. The summed E-state index contributed by atoms with van der Waals surface area (Å²) in [6, 6.07) is 5.24. The van der Waals surface area contributed by atoms with Gasteiger partial charge in [-0.1, -0.05) is 0 Å². The van der Waals surface area contributed by atoms with Gasteiger partial charge in [0.1, 0.15) is 5.76 Å². The van der Waals surface area contributed by atoms with Crippen LogP contribution in [0.3, 0.4) is 0 Å². The van der Waals surface area contributed by atoms with Gasteiger partial charge in [-0.25, -0.2) is 0 Å². The van der Waals surface area contributed by atoms with E-state index < -0.39 is 0 Å². The number of furan rings is 1. The molecule has 0 aromatic carbocycles. The predicted octanol–water partition coefficient (Wildman–Crippen LogP) is 0.724. The van der Waals surface area contributed by atoms with Crippen LogP contribution in [0, 0.1) is 11.3 Å². The summed E-state index contributed by atoms with van der Waals surface area (Å²) < 4.78 is 5.20. The van der Waals surface area contributed by atoms with Gasteiger partial charge in [-0.3, -0.25) is 4.79 Å². The third-order valence-electron chi connectivity index (χ3n) is 1.98. The fourth-order valence-electron chi connectivity index (χ4n) is 1.11. The minimum absolute atomic E-state index is 0.232. The second kappa shape index (κ2) is 5.17. The van der Waals surface area contributed by atoms with Crippen LogP contribution in [0.5, 0.6) is 0 Å². The van der Waals surface area contributed by atoms with E-state index in [4.69, 9.17) is 15.4 Å². The summed E-state index contributed by atoms with van der Waals surface area (Å²) in [4.78, 5) is 13.1. The molecule has 5 heteroatoms. The van der Waals surface area contributed by atoms with Gasteiger partial charge in [0.05, 0.1) is 19.0 Å². The van der Waals surface area contributed by atoms with Crippen molar-refractivity contribution in [1.29, 1.82) is 5.26 Å². The Morgan fingerprint density at radius 2 is 2.40 bits per heavy atom. The molecule has 0 saturated carbocycles. The van der Waals surface area contributed by atoms with E-state index in [2.05, 4.69) is 0 Å². The first-order valence-electron chi connectivity index (χ1n) is 4.60. The zero-order chi connectivity index (χ0) is 11.3. The Morgan fingerprint density at radius 1 is 1.67 bits per heavy atom. The number of hydrogen-bond acceptors (Lipinski definition) is 4. The van der Waals surface area contributed by atoms with Gasteiger partial charge in [0.2, 0.25) is 0 Å². The molecule has 0 fully saturated rings. The number of nitrogens with zero attached hydrogens (tertiary/aromatic N) is 2. The monoisotopic (exact) mass is 207 g/mol. The molecule has 0 saturated heterocycles. The second-order valence-corrected chi connectivity index (χ2v) is 3.10. The Morgan fingerprint density at radius 3 is 2.93 bits per heavy atom. The van der Waals surface area contributed by atoms with Crippen LogP contribution in [0.4, 0.5) is 0 Å². The standard InChI is InChI=1S/C10H13N3O2/c1-13(6-2-5-11)10(14)9-4-3-8(7-12)15-9/h3-4H,2,6-7,12H2,1H3. The maximum atomic E-state index is 11.7. The van der Waals surface area contributed by atoms with E-state index in [-0.39, 0.29) is 18.2 Å². The van der Waals surface area contributed by atoms with Gasteiger partial charge in [-0.05, 0) is 12.1 Å². The lowest BCUT2D eigenvalue weighted by Crippen LogP contribution is -2.27. The van der Waals surface area contributed by atoms with Crippen molar-refractivity contribution in [3.8, 4) is 6.07 Å². The molecule has 0 spiro atoms. The predicted molar refractivity (Wildman–Crippen MR) is 53.8 cm³/mol. The lowest BCUT2D eigenvalue weighted by molar-refractivity contribution is 0.0764. The van der Waals surface area contributed by atoms with Gasteiger partial charge in [0, 0.05) is 13.6 Å². The summed E-state index contributed by atoms with van der Waals surface area (Å²) in [6.45, 7) is 0.670. The number of nitrogens with two attached hydrogens (primary N) is 1. The number of hydrogen-bond donors (Lipinski definition) is 1. The summed E-state index contributed by atoms with van der Waals surface area (Å²) >= 11 is 0. The Bertz CT molecular complexity index is 378. The summed E-state index contributed by atoms with van der Waals surface area (Å²) in [7, 11) is 1.63. The summed E-state index contributed by atoms with van der Waals surface area (Å²) in [5.74, 6) is 0.605. The first kappa shape index (κ1) is 11.3. The van der Waals surface area contributed by atoms with Crippen LogP contribution in [0.15, 0.2) is 16.5 Å². The molecule has 1 aromatic rings. The topological polar surface area (TPSA) is 83.3 Å². The van der Waals surface area contributed by atoms with E-state index in [9.17, 15) is 4.79 Å². The van der Waals surface area contributed by atoms with E-state index in [1.165, 1.54) is 4.90 Å². The van der Waals surface area contributed by atoms with Crippen molar-refractivity contribution in [2.75, 3.05) is 13.6 Å². The molecule has 0 bridgehead atoms. The fourth-order valence-corrected chi connectivity index (χ4v) is 1.11. The molecule has 0 aliphatic rings. The summed E-state index contributed by atoms with van der Waals surface area (Å²) in [5.41, 5.74) is 5.36. The zero-order valence-corrected chi connectivity index (χ0v) is 8.56. The van der Waals surface area contributed by atoms with Crippen LogP contribution in [-0.4, -0.2) is 24.4 Å². The molecule has 1 heterocycles. The Labute approximate surface area is 88.1 Å². The van der Waals surface area contributed by atoms with Gasteiger partial charge < -0.3 is 15.1 Å². The minimum atomic E-state index is -0.232. The summed E-state index contributed by atoms with van der Waals surface area (Å²) in [5, 5.41) is 8.38. The highest BCUT2D eigenvalue weighted by atomic mass is 16.4. The maximum absolute atomic E-state index is 11.7. The fraction of sp³-hybridized carbons (Fsp3) is 0.400. The number of amides is 1. The Kier molecular flexibility index (Phi) is 3.89. The largest absolute Gasteiger partial charge is 0.455 e. The highest BCUT2D eigenvalue weighted by Crippen LogP contribution is 2.09. The molecular weight excluding hydrogens is 194 g/mol. The average molecular weight is 207 g/mol. The number of carbonyl (C=O) groups excluding carboxylic acids is 1. The van der Waals surface area contributed by atoms with Crippen LogP contribution in [0.25, 0.3) is 0 Å². The third kappa shape index (κ3) is 2.82. The van der Waals surface area contributed by atoms with E-state index >= 15 is 0 Å². The van der Waals surface area contributed by atoms with Crippen molar-refractivity contribution in [3.05, 3.63) is 23.7 Å². The molecule has 5 nitrogen and oxygen atoms in total. The third-order valence-corrected chi connectivity index (χ3v) is 1.98. The number of carbonyl (C=O) groups is 1. The van der Waals surface area contributed by atoms with E-state index in [1.807, 2.05) is 6.07 Å². The minimum Gasteiger partial charge on any atom is -0.455 e. The van der Waals surface area contributed by atoms with Gasteiger partial charge in [0.15, 0.2) is 5.76 Å². The number of nitriles is 1. The van der Waals surface area contributed by atoms with E-state index in [1.54, 1.807) is 19.2 Å². The Balaban J connectivity index is 2.64. The van der Waals surface area contributed by atoms with Crippen LogP contribution in [0.2, 0.25) is 0 Å². The van der Waals surface area contributed by atoms with Gasteiger partial charge >= 0.3 is 0 Å². The van der Waals surface area contributed by atoms with E-state index in [0.717, 1.165) is 0 Å². The lowest BCUT2D eigenvalue weighted by atomic mass is 10.3. The smallest absolute Gasteiger partial charge is 0.289 e. The van der Waals surface area contributed by atoms with Crippen LogP contribution < -0.4 is 5.73 Å². The molecule has 0 aliphatic heterocycles. The van der Waals surface area contributed by atoms with Crippen molar-refractivity contribution in [2.45, 2.75) is 13.0 Å². The van der Waals surface area contributed by atoms with Crippen LogP contribution in [0.1, 0.15) is 22.7 Å². The molecule has 1 rings (SSSR count). The Hall–Kier alpha value is -1.80. The van der Waals surface area contributed by atoms with Crippen molar-refractivity contribution in [1.82, 2.24) is 4.90 Å².